The van der Waals surface area contributed by atoms with Gasteiger partial charge in [-0.05, 0) is 52.2 Å². The van der Waals surface area contributed by atoms with Crippen LogP contribution in [0.5, 0.6) is 0 Å². The highest BCUT2D eigenvalue weighted by molar-refractivity contribution is 9.10. The van der Waals surface area contributed by atoms with Crippen LogP contribution in [0.3, 0.4) is 0 Å². The number of nitrogens with one attached hydrogen (secondary N) is 2. The Morgan fingerprint density at radius 3 is 2.58 bits per heavy atom. The van der Waals surface area contributed by atoms with Crippen molar-refractivity contribution < 1.29 is 4.39 Å². The average Bonchev–Trinajstić information content (AvgIpc) is 2.35. The molecule has 19 heavy (non-hydrogen) atoms. The summed E-state index contributed by atoms with van der Waals surface area (Å²) in [5.74, 6) is 0.305. The second-order valence-electron chi connectivity index (χ2n) is 3.71. The van der Waals surface area contributed by atoms with Gasteiger partial charge in [-0.2, -0.15) is 15.0 Å². The lowest BCUT2D eigenvalue weighted by Crippen LogP contribution is -2.04. The number of halogens is 3. The van der Waals surface area contributed by atoms with E-state index in [1.165, 1.54) is 6.07 Å². The predicted molar refractivity (Wildman–Crippen MR) is 76.5 cm³/mol. The van der Waals surface area contributed by atoms with E-state index in [9.17, 15) is 4.39 Å². The van der Waals surface area contributed by atoms with Crippen molar-refractivity contribution in [2.75, 3.05) is 17.7 Å². The van der Waals surface area contributed by atoms with Gasteiger partial charge in [0.1, 0.15) is 5.82 Å². The van der Waals surface area contributed by atoms with Crippen LogP contribution in [0.1, 0.15) is 5.56 Å². The second kappa shape index (κ2) is 5.66. The van der Waals surface area contributed by atoms with Crippen molar-refractivity contribution in [1.82, 2.24) is 15.0 Å². The zero-order valence-corrected chi connectivity index (χ0v) is 12.5. The molecule has 0 saturated carbocycles. The molecular weight excluding hydrogens is 337 g/mol. The molecule has 0 spiro atoms. The van der Waals surface area contributed by atoms with Gasteiger partial charge in [-0.1, -0.05) is 0 Å². The minimum atomic E-state index is -0.326. The molecule has 8 heteroatoms. The van der Waals surface area contributed by atoms with E-state index in [2.05, 4.69) is 41.5 Å². The van der Waals surface area contributed by atoms with Crippen molar-refractivity contribution in [3.8, 4) is 0 Å². The number of hydrogen-bond donors (Lipinski definition) is 2. The molecule has 5 nitrogen and oxygen atoms in total. The van der Waals surface area contributed by atoms with Gasteiger partial charge in [-0.15, -0.1) is 0 Å². The molecule has 1 aromatic carbocycles. The topological polar surface area (TPSA) is 62.7 Å². The molecule has 0 aliphatic carbocycles. The molecule has 0 aliphatic heterocycles. The van der Waals surface area contributed by atoms with E-state index in [1.807, 2.05) is 0 Å². The summed E-state index contributed by atoms with van der Waals surface area (Å²) in [7, 11) is 1.68. The molecular formula is C11H10BrClFN5. The third kappa shape index (κ3) is 3.30. The lowest BCUT2D eigenvalue weighted by Gasteiger charge is -2.10. The van der Waals surface area contributed by atoms with Gasteiger partial charge in [0, 0.05) is 12.7 Å². The number of aromatic nitrogens is 3. The van der Waals surface area contributed by atoms with Crippen LogP contribution in [0.15, 0.2) is 16.6 Å². The standard InChI is InChI=1S/C11H10BrClFN5/c1-5-3-7(14)6(12)4-8(5)16-11-18-9(13)17-10(15-2)19-11/h3-4H,1-2H3,(H2,15,16,17,18,19). The Balaban J connectivity index is 2.36. The van der Waals surface area contributed by atoms with Gasteiger partial charge in [0.05, 0.1) is 4.47 Å². The molecule has 0 fully saturated rings. The molecule has 0 radical (unpaired) electrons. The van der Waals surface area contributed by atoms with Crippen molar-refractivity contribution in [1.29, 1.82) is 0 Å². The quantitative estimate of drug-likeness (QED) is 0.890. The first-order valence-electron chi connectivity index (χ1n) is 5.31. The minimum Gasteiger partial charge on any atom is -0.357 e. The fraction of sp³-hybridized carbons (Fsp3) is 0.182. The zero-order valence-electron chi connectivity index (χ0n) is 10.1. The fourth-order valence-electron chi connectivity index (χ4n) is 1.42. The smallest absolute Gasteiger partial charge is 0.233 e. The molecule has 1 heterocycles. The van der Waals surface area contributed by atoms with Crippen molar-refractivity contribution >= 4 is 45.1 Å². The Morgan fingerprint density at radius 2 is 1.89 bits per heavy atom. The van der Waals surface area contributed by atoms with E-state index in [1.54, 1.807) is 20.0 Å². The van der Waals surface area contributed by atoms with Crippen LogP contribution in [0.2, 0.25) is 5.28 Å². The summed E-state index contributed by atoms with van der Waals surface area (Å²) in [4.78, 5) is 11.9. The van der Waals surface area contributed by atoms with Gasteiger partial charge in [-0.25, -0.2) is 4.39 Å². The van der Waals surface area contributed by atoms with Crippen LogP contribution in [0.4, 0.5) is 22.0 Å². The molecule has 2 aromatic rings. The van der Waals surface area contributed by atoms with Crippen molar-refractivity contribution in [3.63, 3.8) is 0 Å². The molecule has 0 bridgehead atoms. The van der Waals surface area contributed by atoms with Gasteiger partial charge in [-0.3, -0.25) is 0 Å². The predicted octanol–water partition coefficient (Wildman–Crippen LogP) is 3.52. The summed E-state index contributed by atoms with van der Waals surface area (Å²) in [5.41, 5.74) is 1.40. The third-order valence-corrected chi connectivity index (χ3v) is 3.12. The Bertz CT molecular complexity index is 622. The molecule has 2 N–H and O–H groups in total. The molecule has 0 unspecified atom stereocenters. The number of aryl methyl sites for hydroxylation is 1. The molecule has 0 aliphatic rings. The molecule has 2 rings (SSSR count). The summed E-state index contributed by atoms with van der Waals surface area (Å²) < 4.78 is 13.7. The van der Waals surface area contributed by atoms with Crippen molar-refractivity contribution in [2.24, 2.45) is 0 Å². The Morgan fingerprint density at radius 1 is 1.21 bits per heavy atom. The maximum absolute atomic E-state index is 13.3. The molecule has 0 atom stereocenters. The fourth-order valence-corrected chi connectivity index (χ4v) is 1.92. The summed E-state index contributed by atoms with van der Waals surface area (Å²) in [6.07, 6.45) is 0. The SMILES string of the molecule is CNc1nc(Cl)nc(Nc2cc(Br)c(F)cc2C)n1. The summed E-state index contributed by atoms with van der Waals surface area (Å²) in [5, 5.41) is 5.82. The van der Waals surface area contributed by atoms with Gasteiger partial charge >= 0.3 is 0 Å². The Kier molecular flexibility index (Phi) is 4.16. The minimum absolute atomic E-state index is 0.0701. The summed E-state index contributed by atoms with van der Waals surface area (Å²) in [6.45, 7) is 1.78. The third-order valence-electron chi connectivity index (χ3n) is 2.35. The number of hydrogen-bond acceptors (Lipinski definition) is 5. The highest BCUT2D eigenvalue weighted by atomic mass is 79.9. The van der Waals surface area contributed by atoms with Crippen LogP contribution in [-0.2, 0) is 0 Å². The molecule has 0 saturated heterocycles. The first-order chi connectivity index (χ1) is 8.99. The normalized spacial score (nSPS) is 10.4. The zero-order chi connectivity index (χ0) is 14.0. The van der Waals surface area contributed by atoms with Gasteiger partial charge in [0.2, 0.25) is 17.2 Å². The highest BCUT2D eigenvalue weighted by Crippen LogP contribution is 2.26. The number of nitrogens with zero attached hydrogens (tertiary/aromatic N) is 3. The monoisotopic (exact) mass is 345 g/mol. The Hall–Kier alpha value is -1.47. The van der Waals surface area contributed by atoms with Crippen LogP contribution < -0.4 is 10.6 Å². The van der Waals surface area contributed by atoms with E-state index in [-0.39, 0.29) is 17.0 Å². The van der Waals surface area contributed by atoms with E-state index in [0.717, 1.165) is 5.56 Å². The second-order valence-corrected chi connectivity index (χ2v) is 4.90. The maximum Gasteiger partial charge on any atom is 0.233 e. The van der Waals surface area contributed by atoms with Crippen molar-refractivity contribution in [2.45, 2.75) is 6.92 Å². The van der Waals surface area contributed by atoms with Crippen LogP contribution >= 0.6 is 27.5 Å². The van der Waals surface area contributed by atoms with E-state index in [0.29, 0.717) is 16.1 Å². The number of anilines is 3. The van der Waals surface area contributed by atoms with Crippen LogP contribution in [-0.4, -0.2) is 22.0 Å². The highest BCUT2D eigenvalue weighted by Gasteiger charge is 2.08. The number of rotatable bonds is 3. The summed E-state index contributed by atoms with van der Waals surface area (Å²) >= 11 is 8.91. The molecule has 100 valence electrons. The lowest BCUT2D eigenvalue weighted by molar-refractivity contribution is 0.620. The van der Waals surface area contributed by atoms with E-state index in [4.69, 9.17) is 11.6 Å². The average molecular weight is 347 g/mol. The summed E-state index contributed by atoms with van der Waals surface area (Å²) in [6, 6.07) is 3.02. The molecule has 1 aromatic heterocycles. The first kappa shape index (κ1) is 14.0. The largest absolute Gasteiger partial charge is 0.357 e. The van der Waals surface area contributed by atoms with Gasteiger partial charge in [0.15, 0.2) is 0 Å². The van der Waals surface area contributed by atoms with Gasteiger partial charge < -0.3 is 10.6 Å². The van der Waals surface area contributed by atoms with E-state index < -0.39 is 0 Å². The van der Waals surface area contributed by atoms with Crippen LogP contribution in [0.25, 0.3) is 0 Å². The Labute approximate surface area is 122 Å². The van der Waals surface area contributed by atoms with Crippen molar-refractivity contribution in [3.05, 3.63) is 33.3 Å². The van der Waals surface area contributed by atoms with Crippen LogP contribution in [0, 0.1) is 12.7 Å². The number of benzene rings is 1. The van der Waals surface area contributed by atoms with Gasteiger partial charge in [0.25, 0.3) is 0 Å². The first-order valence-corrected chi connectivity index (χ1v) is 6.48. The molecule has 0 amide bonds. The van der Waals surface area contributed by atoms with E-state index >= 15 is 0 Å². The lowest BCUT2D eigenvalue weighted by atomic mass is 10.2. The maximum atomic E-state index is 13.3.